The summed E-state index contributed by atoms with van der Waals surface area (Å²) < 4.78 is 52.3. The summed E-state index contributed by atoms with van der Waals surface area (Å²) in [5.74, 6) is -2.58. The molecule has 0 saturated heterocycles. The van der Waals surface area contributed by atoms with Crippen molar-refractivity contribution in [1.29, 1.82) is 5.26 Å². The molecule has 2 rings (SSSR count). The minimum atomic E-state index is -5.44. The predicted octanol–water partition coefficient (Wildman–Crippen LogP) is 1.22. The predicted molar refractivity (Wildman–Crippen MR) is 76.9 cm³/mol. The highest BCUT2D eigenvalue weighted by Gasteiger charge is 2.21. The normalized spacial score (nSPS) is 10.9. The van der Waals surface area contributed by atoms with Crippen molar-refractivity contribution in [2.24, 2.45) is 7.05 Å². The summed E-state index contributed by atoms with van der Waals surface area (Å²) in [6.07, 6.45) is 1.07. The molecular formula is C14H8F2N2O5S. The third kappa shape index (κ3) is 3.64. The van der Waals surface area contributed by atoms with E-state index in [1.807, 2.05) is 0 Å². The van der Waals surface area contributed by atoms with Gasteiger partial charge in [0.15, 0.2) is 11.5 Å². The van der Waals surface area contributed by atoms with E-state index in [9.17, 15) is 26.3 Å². The fraction of sp³-hybridized carbons (Fsp3) is 0.0714. The first-order chi connectivity index (χ1) is 11.1. The van der Waals surface area contributed by atoms with Gasteiger partial charge in [0.25, 0.3) is 5.56 Å². The highest BCUT2D eigenvalue weighted by molar-refractivity contribution is 7.81. The zero-order valence-corrected chi connectivity index (χ0v) is 12.8. The van der Waals surface area contributed by atoms with Gasteiger partial charge in [-0.3, -0.25) is 9.59 Å². The van der Waals surface area contributed by atoms with Crippen LogP contribution in [-0.2, 0) is 17.6 Å². The summed E-state index contributed by atoms with van der Waals surface area (Å²) in [6.45, 7) is 0. The topological polar surface area (TPSA) is 106 Å². The van der Waals surface area contributed by atoms with Crippen LogP contribution in [0.4, 0.5) is 8.28 Å². The number of pyridine rings is 1. The number of carbonyl (C=O) groups excluding carboxylic acids is 1. The van der Waals surface area contributed by atoms with Crippen molar-refractivity contribution in [3.63, 3.8) is 0 Å². The van der Waals surface area contributed by atoms with E-state index in [1.165, 1.54) is 7.05 Å². The standard InChI is InChI=1S/C14H8F2N2O5S/c1-18-7-9(4-8(6-17)14(18)20)13(19)11-5-10(15)2-3-12(11)23-24(16,21)22/h2-5,7H,1H3. The van der Waals surface area contributed by atoms with Gasteiger partial charge < -0.3 is 8.75 Å². The molecule has 0 saturated carbocycles. The molecule has 0 spiro atoms. The van der Waals surface area contributed by atoms with Crippen molar-refractivity contribution < 1.29 is 25.7 Å². The second kappa shape index (κ2) is 6.21. The fourth-order valence-electron chi connectivity index (χ4n) is 1.93. The van der Waals surface area contributed by atoms with E-state index < -0.39 is 39.0 Å². The van der Waals surface area contributed by atoms with Crippen LogP contribution in [0.2, 0.25) is 0 Å². The van der Waals surface area contributed by atoms with Crippen molar-refractivity contribution in [3.8, 4) is 11.8 Å². The Balaban J connectivity index is 2.63. The van der Waals surface area contributed by atoms with Gasteiger partial charge in [0.1, 0.15) is 17.4 Å². The smallest absolute Gasteiger partial charge is 0.358 e. The van der Waals surface area contributed by atoms with Gasteiger partial charge in [0.2, 0.25) is 0 Å². The molecular weight excluding hydrogens is 346 g/mol. The van der Waals surface area contributed by atoms with Crippen LogP contribution in [0.25, 0.3) is 0 Å². The van der Waals surface area contributed by atoms with Crippen LogP contribution in [0.1, 0.15) is 21.5 Å². The van der Waals surface area contributed by atoms with Crippen molar-refractivity contribution in [3.05, 3.63) is 63.3 Å². The van der Waals surface area contributed by atoms with E-state index in [4.69, 9.17) is 5.26 Å². The van der Waals surface area contributed by atoms with E-state index in [0.717, 1.165) is 29.0 Å². The van der Waals surface area contributed by atoms with Gasteiger partial charge in [-0.1, -0.05) is 3.89 Å². The maximum absolute atomic E-state index is 13.4. The molecule has 0 fully saturated rings. The highest BCUT2D eigenvalue weighted by atomic mass is 32.3. The van der Waals surface area contributed by atoms with Crippen LogP contribution in [0, 0.1) is 17.1 Å². The SMILES string of the molecule is Cn1cc(C(=O)c2cc(F)ccc2OS(=O)(=O)F)cc(C#N)c1=O. The summed E-state index contributed by atoms with van der Waals surface area (Å²) in [7, 11) is -4.15. The number of benzene rings is 1. The van der Waals surface area contributed by atoms with Crippen LogP contribution >= 0.6 is 0 Å². The summed E-state index contributed by atoms with van der Waals surface area (Å²) >= 11 is 0. The molecule has 124 valence electrons. The zero-order chi connectivity index (χ0) is 18.1. The Labute approximate surface area is 134 Å². The van der Waals surface area contributed by atoms with E-state index in [1.54, 1.807) is 6.07 Å². The summed E-state index contributed by atoms with van der Waals surface area (Å²) in [5, 5.41) is 8.88. The molecule has 0 N–H and O–H groups in total. The quantitative estimate of drug-likeness (QED) is 0.604. The van der Waals surface area contributed by atoms with E-state index in [-0.39, 0.29) is 11.1 Å². The average molecular weight is 354 g/mol. The Bertz CT molecular complexity index is 1040. The van der Waals surface area contributed by atoms with E-state index >= 15 is 0 Å². The number of halogens is 2. The molecule has 2 aromatic rings. The monoisotopic (exact) mass is 354 g/mol. The molecule has 1 aromatic heterocycles. The van der Waals surface area contributed by atoms with E-state index in [2.05, 4.69) is 4.18 Å². The maximum atomic E-state index is 13.4. The zero-order valence-electron chi connectivity index (χ0n) is 12.0. The third-order valence-corrected chi connectivity index (χ3v) is 3.32. The average Bonchev–Trinajstić information content (AvgIpc) is 2.49. The first-order valence-electron chi connectivity index (χ1n) is 6.21. The first-order valence-corrected chi connectivity index (χ1v) is 7.52. The molecule has 0 bridgehead atoms. The molecule has 0 aliphatic heterocycles. The number of nitrogens with zero attached hydrogens (tertiary/aromatic N) is 2. The molecule has 0 aliphatic rings. The Kier molecular flexibility index (Phi) is 4.48. The van der Waals surface area contributed by atoms with Crippen molar-refractivity contribution in [2.75, 3.05) is 0 Å². The van der Waals surface area contributed by atoms with Crippen LogP contribution < -0.4 is 9.74 Å². The van der Waals surface area contributed by atoms with Gasteiger partial charge in [0.05, 0.1) is 5.56 Å². The van der Waals surface area contributed by atoms with Crippen molar-refractivity contribution in [2.45, 2.75) is 0 Å². The number of hydrogen-bond donors (Lipinski definition) is 0. The Hall–Kier alpha value is -3.06. The maximum Gasteiger partial charge on any atom is 0.488 e. The molecule has 24 heavy (non-hydrogen) atoms. The van der Waals surface area contributed by atoms with Gasteiger partial charge in [-0.2, -0.15) is 13.7 Å². The summed E-state index contributed by atoms with van der Waals surface area (Å²) in [6, 6.07) is 4.76. The van der Waals surface area contributed by atoms with Gasteiger partial charge in [-0.15, -0.1) is 0 Å². The molecule has 1 heterocycles. The lowest BCUT2D eigenvalue weighted by molar-refractivity contribution is 0.103. The molecule has 0 amide bonds. The Morgan fingerprint density at radius 3 is 2.58 bits per heavy atom. The summed E-state index contributed by atoms with van der Waals surface area (Å²) in [5.41, 5.74) is -1.80. The number of aryl methyl sites for hydroxylation is 1. The molecule has 0 unspecified atom stereocenters. The molecule has 7 nitrogen and oxygen atoms in total. The number of rotatable bonds is 4. The molecule has 0 aliphatic carbocycles. The summed E-state index contributed by atoms with van der Waals surface area (Å²) in [4.78, 5) is 24.1. The molecule has 0 atom stereocenters. The van der Waals surface area contributed by atoms with Gasteiger partial charge in [-0.25, -0.2) is 4.39 Å². The van der Waals surface area contributed by atoms with Gasteiger partial charge in [-0.05, 0) is 24.3 Å². The van der Waals surface area contributed by atoms with Crippen LogP contribution in [0.5, 0.6) is 5.75 Å². The van der Waals surface area contributed by atoms with Gasteiger partial charge in [0, 0.05) is 18.8 Å². The lowest BCUT2D eigenvalue weighted by Crippen LogP contribution is -2.21. The minimum Gasteiger partial charge on any atom is -0.358 e. The molecule has 10 heteroatoms. The van der Waals surface area contributed by atoms with Crippen LogP contribution in [0.15, 0.2) is 35.3 Å². The van der Waals surface area contributed by atoms with Crippen molar-refractivity contribution in [1.82, 2.24) is 4.57 Å². The lowest BCUT2D eigenvalue weighted by Gasteiger charge is -2.09. The third-order valence-electron chi connectivity index (χ3n) is 2.94. The Morgan fingerprint density at radius 1 is 1.33 bits per heavy atom. The lowest BCUT2D eigenvalue weighted by atomic mass is 10.0. The number of carbonyl (C=O) groups is 1. The number of aromatic nitrogens is 1. The first kappa shape index (κ1) is 17.3. The molecule has 1 aromatic carbocycles. The minimum absolute atomic E-state index is 0.208. The second-order valence-electron chi connectivity index (χ2n) is 4.62. The van der Waals surface area contributed by atoms with Crippen LogP contribution in [-0.4, -0.2) is 18.8 Å². The largest absolute Gasteiger partial charge is 0.488 e. The van der Waals surface area contributed by atoms with E-state index in [0.29, 0.717) is 6.07 Å². The van der Waals surface area contributed by atoms with Crippen molar-refractivity contribution >= 4 is 16.3 Å². The number of nitriles is 1. The second-order valence-corrected chi connectivity index (χ2v) is 5.57. The highest BCUT2D eigenvalue weighted by Crippen LogP contribution is 2.24. The molecule has 0 radical (unpaired) electrons. The number of hydrogen-bond acceptors (Lipinski definition) is 6. The Morgan fingerprint density at radius 2 is 2.00 bits per heavy atom. The van der Waals surface area contributed by atoms with Gasteiger partial charge >= 0.3 is 10.5 Å². The number of ketones is 1. The fourth-order valence-corrected chi connectivity index (χ4v) is 2.29. The van der Waals surface area contributed by atoms with Crippen LogP contribution in [0.3, 0.4) is 0 Å².